The van der Waals surface area contributed by atoms with E-state index in [-0.39, 0.29) is 5.41 Å². The summed E-state index contributed by atoms with van der Waals surface area (Å²) in [5.74, 6) is -3.53. The summed E-state index contributed by atoms with van der Waals surface area (Å²) in [5.41, 5.74) is 2.55. The Morgan fingerprint density at radius 1 is 0.969 bits per heavy atom. The fourth-order valence-corrected chi connectivity index (χ4v) is 3.98. The lowest BCUT2D eigenvalue weighted by molar-refractivity contribution is -0.192. The quantitative estimate of drug-likeness (QED) is 0.669. The highest BCUT2D eigenvalue weighted by atomic mass is 19.4. The molecule has 11 heteroatoms. The first-order valence-corrected chi connectivity index (χ1v) is 10.1. The van der Waals surface area contributed by atoms with E-state index >= 15 is 0 Å². The Hall–Kier alpha value is -2.30. The molecule has 1 aromatic carbocycles. The molecule has 180 valence electrons. The monoisotopic (exact) mass is 468 g/mol. The number of carboxylic acid groups (broad SMARTS) is 1. The maximum atomic E-state index is 12.4. The smallest absolute Gasteiger partial charge is 0.475 e. The van der Waals surface area contributed by atoms with Gasteiger partial charge in [0.2, 0.25) is 5.91 Å². The van der Waals surface area contributed by atoms with Crippen LogP contribution in [0, 0.1) is 12.3 Å². The van der Waals surface area contributed by atoms with Gasteiger partial charge in [0, 0.05) is 19.6 Å². The Balaban J connectivity index is 0.000000451. The van der Waals surface area contributed by atoms with E-state index in [9.17, 15) is 31.1 Å². The molecule has 1 spiro atoms. The molecule has 0 radical (unpaired) electrons. The van der Waals surface area contributed by atoms with Gasteiger partial charge in [0.15, 0.2) is 0 Å². The Bertz CT molecular complexity index is 784. The number of hydrogen-bond donors (Lipinski definition) is 1. The standard InChI is InChI=1S/C19H25F3N2O.C2HF3O2/c1-15-2-4-16(5-3-15)13-23-9-6-18(7-10-23)8-11-24(14-18)17(25)12-19(20,21)22;3-2(4,5)1(6)7/h2-5H,6-14H2,1H3;(H,6,7). The third kappa shape index (κ3) is 7.99. The van der Waals surface area contributed by atoms with Gasteiger partial charge in [0.25, 0.3) is 0 Å². The number of likely N-dealkylation sites (tertiary alicyclic amines) is 2. The number of rotatable bonds is 3. The molecule has 32 heavy (non-hydrogen) atoms. The minimum absolute atomic E-state index is 0.0189. The van der Waals surface area contributed by atoms with Crippen LogP contribution in [0.5, 0.6) is 0 Å². The summed E-state index contributed by atoms with van der Waals surface area (Å²) in [6.07, 6.45) is -8.09. The molecule has 3 rings (SSSR count). The van der Waals surface area contributed by atoms with Gasteiger partial charge in [-0.2, -0.15) is 26.3 Å². The van der Waals surface area contributed by atoms with Gasteiger partial charge in [-0.25, -0.2) is 4.79 Å². The lowest BCUT2D eigenvalue weighted by Gasteiger charge is -2.39. The van der Waals surface area contributed by atoms with Crippen LogP contribution in [0.25, 0.3) is 0 Å². The Kier molecular flexibility index (Phi) is 8.19. The fraction of sp³-hybridized carbons (Fsp3) is 0.619. The molecular formula is C21H26F6N2O3. The molecule has 1 N–H and O–H groups in total. The van der Waals surface area contributed by atoms with E-state index in [2.05, 4.69) is 36.1 Å². The normalized spacial score (nSPS) is 18.9. The molecule has 1 aromatic rings. The molecule has 0 aliphatic carbocycles. The minimum atomic E-state index is -5.08. The Morgan fingerprint density at radius 2 is 1.47 bits per heavy atom. The van der Waals surface area contributed by atoms with E-state index in [4.69, 9.17) is 9.90 Å². The molecular weight excluding hydrogens is 442 g/mol. The summed E-state index contributed by atoms with van der Waals surface area (Å²) >= 11 is 0. The number of alkyl halides is 6. The molecule has 0 saturated carbocycles. The van der Waals surface area contributed by atoms with Gasteiger partial charge < -0.3 is 10.0 Å². The number of amides is 1. The first kappa shape index (κ1) is 26.0. The summed E-state index contributed by atoms with van der Waals surface area (Å²) in [6, 6.07) is 8.52. The number of aryl methyl sites for hydroxylation is 1. The topological polar surface area (TPSA) is 60.9 Å². The summed E-state index contributed by atoms with van der Waals surface area (Å²) in [4.78, 5) is 24.5. The van der Waals surface area contributed by atoms with E-state index in [1.807, 2.05) is 0 Å². The van der Waals surface area contributed by atoms with Crippen molar-refractivity contribution >= 4 is 11.9 Å². The molecule has 1 amide bonds. The molecule has 0 unspecified atom stereocenters. The maximum Gasteiger partial charge on any atom is 0.490 e. The molecule has 2 saturated heterocycles. The van der Waals surface area contributed by atoms with Crippen molar-refractivity contribution in [1.82, 2.24) is 9.80 Å². The van der Waals surface area contributed by atoms with Gasteiger partial charge in [-0.3, -0.25) is 9.69 Å². The van der Waals surface area contributed by atoms with Gasteiger partial charge in [-0.15, -0.1) is 0 Å². The predicted octanol–water partition coefficient (Wildman–Crippen LogP) is 4.40. The number of carbonyl (C=O) groups is 2. The molecule has 0 bridgehead atoms. The van der Waals surface area contributed by atoms with Crippen LogP contribution in [0.1, 0.15) is 36.8 Å². The zero-order chi connectivity index (χ0) is 24.2. The summed E-state index contributed by atoms with van der Waals surface area (Å²) < 4.78 is 69.0. The highest BCUT2D eigenvalue weighted by Crippen LogP contribution is 2.41. The minimum Gasteiger partial charge on any atom is -0.475 e. The van der Waals surface area contributed by atoms with E-state index in [0.717, 1.165) is 38.9 Å². The second kappa shape index (κ2) is 10.1. The largest absolute Gasteiger partial charge is 0.490 e. The number of aliphatic carboxylic acids is 1. The van der Waals surface area contributed by atoms with E-state index in [0.29, 0.717) is 13.1 Å². The highest BCUT2D eigenvalue weighted by Gasteiger charge is 2.44. The highest BCUT2D eigenvalue weighted by molar-refractivity contribution is 5.77. The van der Waals surface area contributed by atoms with E-state index in [1.54, 1.807) is 0 Å². The van der Waals surface area contributed by atoms with Crippen LogP contribution in [-0.4, -0.2) is 65.3 Å². The van der Waals surface area contributed by atoms with Crippen LogP contribution in [0.2, 0.25) is 0 Å². The molecule has 0 atom stereocenters. The van der Waals surface area contributed by atoms with Gasteiger partial charge in [0.1, 0.15) is 6.42 Å². The van der Waals surface area contributed by atoms with Crippen molar-refractivity contribution in [2.24, 2.45) is 5.41 Å². The first-order chi connectivity index (χ1) is 14.7. The van der Waals surface area contributed by atoms with Crippen molar-refractivity contribution in [3.63, 3.8) is 0 Å². The van der Waals surface area contributed by atoms with Crippen molar-refractivity contribution in [2.75, 3.05) is 26.2 Å². The SMILES string of the molecule is Cc1ccc(CN2CCC3(CC2)CCN(C(=O)CC(F)(F)F)C3)cc1.O=C(O)C(F)(F)F. The Labute approximate surface area is 182 Å². The average Bonchev–Trinajstić information content (AvgIpc) is 3.08. The lowest BCUT2D eigenvalue weighted by atomic mass is 9.77. The number of halogens is 6. The van der Waals surface area contributed by atoms with Gasteiger partial charge >= 0.3 is 18.3 Å². The van der Waals surface area contributed by atoms with Crippen molar-refractivity contribution in [3.8, 4) is 0 Å². The first-order valence-electron chi connectivity index (χ1n) is 10.1. The number of carboxylic acids is 1. The number of piperidine rings is 1. The second-order valence-electron chi connectivity index (χ2n) is 8.42. The molecule has 0 aromatic heterocycles. The zero-order valence-electron chi connectivity index (χ0n) is 17.6. The summed E-state index contributed by atoms with van der Waals surface area (Å²) in [6.45, 7) is 5.81. The van der Waals surface area contributed by atoms with E-state index in [1.165, 1.54) is 16.0 Å². The van der Waals surface area contributed by atoms with Gasteiger partial charge in [0.05, 0.1) is 0 Å². The Morgan fingerprint density at radius 3 is 1.94 bits per heavy atom. The molecule has 2 aliphatic heterocycles. The maximum absolute atomic E-state index is 12.4. The van der Waals surface area contributed by atoms with Crippen LogP contribution in [-0.2, 0) is 16.1 Å². The van der Waals surface area contributed by atoms with Crippen molar-refractivity contribution in [2.45, 2.75) is 51.5 Å². The van der Waals surface area contributed by atoms with E-state index < -0.39 is 30.6 Å². The summed E-state index contributed by atoms with van der Waals surface area (Å²) in [5, 5.41) is 7.12. The number of nitrogens with zero attached hydrogens (tertiary/aromatic N) is 2. The number of benzene rings is 1. The third-order valence-electron chi connectivity index (χ3n) is 5.83. The van der Waals surface area contributed by atoms with Crippen LogP contribution in [0.15, 0.2) is 24.3 Å². The number of hydrogen-bond acceptors (Lipinski definition) is 3. The van der Waals surface area contributed by atoms with Crippen LogP contribution < -0.4 is 0 Å². The van der Waals surface area contributed by atoms with Gasteiger partial charge in [-0.05, 0) is 50.3 Å². The molecule has 2 fully saturated rings. The van der Waals surface area contributed by atoms with Crippen LogP contribution in [0.3, 0.4) is 0 Å². The van der Waals surface area contributed by atoms with Crippen molar-refractivity contribution < 1.29 is 41.0 Å². The molecule has 5 nitrogen and oxygen atoms in total. The van der Waals surface area contributed by atoms with Crippen LogP contribution >= 0.6 is 0 Å². The third-order valence-corrected chi connectivity index (χ3v) is 5.83. The van der Waals surface area contributed by atoms with Gasteiger partial charge in [-0.1, -0.05) is 29.8 Å². The van der Waals surface area contributed by atoms with Crippen molar-refractivity contribution in [3.05, 3.63) is 35.4 Å². The predicted molar refractivity (Wildman–Crippen MR) is 104 cm³/mol. The second-order valence-corrected chi connectivity index (χ2v) is 8.42. The summed E-state index contributed by atoms with van der Waals surface area (Å²) in [7, 11) is 0. The zero-order valence-corrected chi connectivity index (χ0v) is 17.6. The van der Waals surface area contributed by atoms with Crippen molar-refractivity contribution in [1.29, 1.82) is 0 Å². The average molecular weight is 468 g/mol. The van der Waals surface area contributed by atoms with Crippen LogP contribution in [0.4, 0.5) is 26.3 Å². The molecule has 2 heterocycles. The lowest BCUT2D eigenvalue weighted by Crippen LogP contribution is -2.42. The molecule has 2 aliphatic rings. The fourth-order valence-electron chi connectivity index (χ4n) is 3.98. The number of carbonyl (C=O) groups excluding carboxylic acids is 1.